The molecular formula is H8MgO11PSW. The molecule has 0 aliphatic heterocycles. The molecule has 0 amide bonds. The zero-order chi connectivity index (χ0) is 12.6. The van der Waals surface area contributed by atoms with Gasteiger partial charge in [0.25, 0.3) is 0 Å². The number of hydrogen-bond donors (Lipinski definition) is 6. The van der Waals surface area contributed by atoms with Gasteiger partial charge in [-0.1, -0.05) is 0 Å². The first-order valence-corrected chi connectivity index (χ1v) is 8.67. The van der Waals surface area contributed by atoms with Crippen molar-refractivity contribution >= 4 is 41.3 Å². The SMILES string of the molecule is O=P(O)(O)O.O=S(=O)(O)O.[H-].[H-].[Mg+2].[O]=[W](=[O])[OH]. The summed E-state index contributed by atoms with van der Waals surface area (Å²) in [5, 5.41) is 0. The molecule has 0 rings (SSSR count). The summed E-state index contributed by atoms with van der Waals surface area (Å²) in [4.78, 5) is 21.6. The van der Waals surface area contributed by atoms with Crippen LogP contribution in [0.1, 0.15) is 2.85 Å². The Morgan fingerprint density at radius 2 is 1.07 bits per heavy atom. The quantitative estimate of drug-likeness (QED) is 0.127. The van der Waals surface area contributed by atoms with Crippen molar-refractivity contribution in [3.8, 4) is 0 Å². The second-order valence-corrected chi connectivity index (χ2v) is 4.66. The standard InChI is InChI=1S/Mg.H3O4P.H2O4S.H2O.2O.W.2H/c;2*1-5(2,3)4;;;;;;/h;(H3,1,2,3,4);(H2,1,2,3,4);1H2;;;;;/q+2;;;;;;+1;2*-1/p-1. The van der Waals surface area contributed by atoms with Gasteiger partial charge in [-0.3, -0.25) is 9.11 Å². The minimum absolute atomic E-state index is 0. The monoisotopic (exact) mass is 455 g/mol. The van der Waals surface area contributed by atoms with Crippen LogP contribution in [0.15, 0.2) is 0 Å². The molecule has 0 saturated heterocycles. The van der Waals surface area contributed by atoms with Gasteiger partial charge in [-0.2, -0.15) is 8.42 Å². The van der Waals surface area contributed by atoms with Crippen LogP contribution < -0.4 is 0 Å². The average molecular weight is 455 g/mol. The topological polar surface area (TPSA) is 207 Å². The Morgan fingerprint density at radius 3 is 1.07 bits per heavy atom. The van der Waals surface area contributed by atoms with E-state index in [9.17, 15) is 0 Å². The van der Waals surface area contributed by atoms with Crippen LogP contribution in [0.3, 0.4) is 0 Å². The predicted octanol–water partition coefficient (Wildman–Crippen LogP) is -2.53. The van der Waals surface area contributed by atoms with Crippen LogP contribution in [-0.2, 0) is 39.4 Å². The molecule has 0 aromatic rings. The molecule has 0 unspecified atom stereocenters. The van der Waals surface area contributed by atoms with E-state index in [1.807, 2.05) is 0 Å². The Bertz CT molecular complexity index is 316. The molecule has 93 valence electrons. The van der Waals surface area contributed by atoms with Crippen LogP contribution in [0.4, 0.5) is 0 Å². The zero-order valence-corrected chi connectivity index (χ0v) is 12.8. The van der Waals surface area contributed by atoms with Gasteiger partial charge in [-0.05, 0) is 0 Å². The second kappa shape index (κ2) is 11.5. The molecule has 0 saturated carbocycles. The van der Waals surface area contributed by atoms with E-state index in [2.05, 4.69) is 0 Å². The fourth-order valence-electron chi connectivity index (χ4n) is 0. The van der Waals surface area contributed by atoms with E-state index in [1.54, 1.807) is 0 Å². The van der Waals surface area contributed by atoms with E-state index in [-0.39, 0.29) is 25.9 Å². The van der Waals surface area contributed by atoms with E-state index >= 15 is 0 Å². The van der Waals surface area contributed by atoms with E-state index < -0.39 is 35.8 Å². The third kappa shape index (κ3) is 2560. The summed E-state index contributed by atoms with van der Waals surface area (Å²) in [6, 6.07) is 0. The van der Waals surface area contributed by atoms with E-state index in [4.69, 9.17) is 47.3 Å². The number of hydrogen-bond acceptors (Lipinski definition) is 5. The summed E-state index contributed by atoms with van der Waals surface area (Å²) in [5.41, 5.74) is 0. The van der Waals surface area contributed by atoms with Crippen molar-refractivity contribution in [2.45, 2.75) is 0 Å². The summed E-state index contributed by atoms with van der Waals surface area (Å²) >= 11 is -4.03. The van der Waals surface area contributed by atoms with Crippen LogP contribution in [0.2, 0.25) is 0 Å². The van der Waals surface area contributed by atoms with Gasteiger partial charge in [0.1, 0.15) is 0 Å². The van der Waals surface area contributed by atoms with Crippen molar-refractivity contribution in [3.63, 3.8) is 0 Å². The molecule has 0 spiro atoms. The summed E-state index contributed by atoms with van der Waals surface area (Å²) in [5.74, 6) is 0. The molecule has 0 heterocycles. The van der Waals surface area contributed by atoms with Gasteiger partial charge in [-0.25, -0.2) is 4.57 Å². The molecule has 0 aliphatic rings. The molecule has 6 N–H and O–H groups in total. The summed E-state index contributed by atoms with van der Waals surface area (Å²) in [6.45, 7) is 0. The fraction of sp³-hybridized carbons (Fsp3) is 0. The first kappa shape index (κ1) is 25.0. The molecule has 11 nitrogen and oxygen atoms in total. The van der Waals surface area contributed by atoms with Crippen molar-refractivity contribution in [2.24, 2.45) is 0 Å². The van der Waals surface area contributed by atoms with Gasteiger partial charge in [0.2, 0.25) is 0 Å². The van der Waals surface area contributed by atoms with Crippen LogP contribution in [0, 0.1) is 0 Å². The van der Waals surface area contributed by atoms with Crippen molar-refractivity contribution in [3.05, 3.63) is 0 Å². The van der Waals surface area contributed by atoms with Gasteiger partial charge in [0, 0.05) is 0 Å². The van der Waals surface area contributed by atoms with E-state index in [0.717, 1.165) is 0 Å². The molecule has 0 aromatic heterocycles. The van der Waals surface area contributed by atoms with E-state index in [0.29, 0.717) is 0 Å². The van der Waals surface area contributed by atoms with Crippen molar-refractivity contribution in [1.29, 1.82) is 0 Å². The summed E-state index contributed by atoms with van der Waals surface area (Å²) in [7, 11) is -9.31. The molecule has 0 atom stereocenters. The third-order valence-electron chi connectivity index (χ3n) is 0. The molecule has 15 heteroatoms. The molecular weight excluding hydrogens is 447 g/mol. The minimum atomic E-state index is -4.67. The zero-order valence-electron chi connectivity index (χ0n) is 8.70. The normalized spacial score (nSPS) is 9.47. The van der Waals surface area contributed by atoms with Gasteiger partial charge in [0.05, 0.1) is 0 Å². The maximum atomic E-state index is 8.88. The van der Waals surface area contributed by atoms with Crippen LogP contribution in [0.25, 0.3) is 0 Å². The molecule has 0 aliphatic carbocycles. The Kier molecular flexibility index (Phi) is 19.1. The summed E-state index contributed by atoms with van der Waals surface area (Å²) < 4.78 is 65.0. The summed E-state index contributed by atoms with van der Waals surface area (Å²) in [6.07, 6.45) is 0. The van der Waals surface area contributed by atoms with Gasteiger partial charge < -0.3 is 17.5 Å². The average Bonchev–Trinajstić information content (AvgIpc) is 1.45. The van der Waals surface area contributed by atoms with Crippen molar-refractivity contribution in [2.75, 3.05) is 0 Å². The van der Waals surface area contributed by atoms with Crippen LogP contribution >= 0.6 is 7.82 Å². The Hall–Kier alpha value is 0.995. The predicted molar refractivity (Wildman–Crippen MR) is 40.0 cm³/mol. The molecule has 0 radical (unpaired) electrons. The van der Waals surface area contributed by atoms with Crippen LogP contribution in [-0.4, -0.2) is 59.0 Å². The van der Waals surface area contributed by atoms with Crippen molar-refractivity contribution in [1.82, 2.24) is 0 Å². The van der Waals surface area contributed by atoms with Gasteiger partial charge in [0.15, 0.2) is 0 Å². The first-order chi connectivity index (χ1) is 5.73. The first-order valence-electron chi connectivity index (χ1n) is 2.00. The second-order valence-electron chi connectivity index (χ2n) is 1.18. The number of rotatable bonds is 0. The Balaban J connectivity index is -0.0000000247. The fourth-order valence-corrected chi connectivity index (χ4v) is 0. The molecule has 0 fully saturated rings. The Labute approximate surface area is 109 Å². The molecule has 0 aromatic carbocycles. The van der Waals surface area contributed by atoms with E-state index in [1.165, 1.54) is 0 Å². The van der Waals surface area contributed by atoms with Crippen LogP contribution in [0.5, 0.6) is 0 Å². The molecule has 15 heavy (non-hydrogen) atoms. The maximum absolute atomic E-state index is 8.88. The number of phosphoric acid groups is 1. The Morgan fingerprint density at radius 1 is 1.07 bits per heavy atom. The molecule has 0 bridgehead atoms. The van der Waals surface area contributed by atoms with Crippen molar-refractivity contribution < 1.29 is 67.8 Å². The third-order valence-corrected chi connectivity index (χ3v) is 0. The van der Waals surface area contributed by atoms with Gasteiger partial charge in [-0.15, -0.1) is 0 Å². The van der Waals surface area contributed by atoms with Gasteiger partial charge >= 0.3 is 69.4 Å².